The molecule has 2 amide bonds. The van der Waals surface area contributed by atoms with Crippen molar-refractivity contribution >= 4 is 29.7 Å². The first-order valence-corrected chi connectivity index (χ1v) is 9.28. The number of carbonyl (C=O) groups is 2. The van der Waals surface area contributed by atoms with Gasteiger partial charge in [-0.25, -0.2) is 0 Å². The molecular weight excluding hydrogens is 417 g/mol. The molecule has 1 aromatic carbocycles. The number of hydrogen-bond donors (Lipinski definition) is 4. The molecule has 12 heteroatoms. The molecule has 1 saturated heterocycles. The monoisotopic (exact) mass is 440 g/mol. The van der Waals surface area contributed by atoms with Crippen molar-refractivity contribution in [2.45, 2.75) is 31.4 Å². The Morgan fingerprint density at radius 1 is 1.29 bits per heavy atom. The van der Waals surface area contributed by atoms with Gasteiger partial charge in [0.05, 0.1) is 18.2 Å². The third kappa shape index (κ3) is 5.58. The molecule has 1 aliphatic heterocycles. The van der Waals surface area contributed by atoms with Gasteiger partial charge in [-0.15, -0.1) is 0 Å². The molecule has 0 aromatic heterocycles. The average Bonchev–Trinajstić information content (AvgIpc) is 2.71. The molecule has 6 N–H and O–H groups in total. The molecule has 2 rings (SSSR count). The highest BCUT2D eigenvalue weighted by molar-refractivity contribution is 6.39. The zero-order valence-corrected chi connectivity index (χ0v) is 16.8. The summed E-state index contributed by atoms with van der Waals surface area (Å²) in [5.41, 5.74) is 8.61. The number of halogens is 3. The standard InChI is InChI=1S/C19H23F3N6O3/c1-31-15-9-11(10-3-6-28(7-4-10)17(30)14(24)2-5-23)13(19(20,21)22)8-12(15)16(29)27-18(25)26/h5,8-10,23-24H,2-4,6-7H2,1H3,(H4,25,26,27,29). The summed E-state index contributed by atoms with van der Waals surface area (Å²) in [5.74, 6) is -2.81. The van der Waals surface area contributed by atoms with Gasteiger partial charge >= 0.3 is 6.18 Å². The molecule has 0 radical (unpaired) electrons. The Kier molecular flexibility index (Phi) is 7.37. The first-order chi connectivity index (χ1) is 14.5. The number of guanidine groups is 1. The minimum absolute atomic E-state index is 0.0488. The number of piperidine rings is 1. The first kappa shape index (κ1) is 23.8. The highest BCUT2D eigenvalue weighted by Crippen LogP contribution is 2.42. The number of hydrogen-bond acceptors (Lipinski definition) is 5. The molecule has 0 saturated carbocycles. The quantitative estimate of drug-likeness (QED) is 0.392. The van der Waals surface area contributed by atoms with Crippen LogP contribution in [0.15, 0.2) is 17.1 Å². The second-order valence-corrected chi connectivity index (χ2v) is 6.93. The predicted molar refractivity (Wildman–Crippen MR) is 108 cm³/mol. The Hall–Kier alpha value is -3.44. The molecule has 0 spiro atoms. The van der Waals surface area contributed by atoms with Gasteiger partial charge in [-0.3, -0.25) is 15.0 Å². The fourth-order valence-electron chi connectivity index (χ4n) is 3.47. The van der Waals surface area contributed by atoms with Crippen molar-refractivity contribution in [3.63, 3.8) is 0 Å². The number of nitrogens with two attached hydrogens (primary N) is 2. The second kappa shape index (κ2) is 9.58. The maximum Gasteiger partial charge on any atom is 0.416 e. The third-order valence-corrected chi connectivity index (χ3v) is 4.92. The smallest absolute Gasteiger partial charge is 0.416 e. The summed E-state index contributed by atoms with van der Waals surface area (Å²) in [6.45, 7) is 0.330. The molecular formula is C19H23F3N6O3. The topological polar surface area (TPSA) is 159 Å². The van der Waals surface area contributed by atoms with Gasteiger partial charge in [0.25, 0.3) is 11.8 Å². The van der Waals surface area contributed by atoms with Crippen LogP contribution in [0.2, 0.25) is 0 Å². The van der Waals surface area contributed by atoms with E-state index in [1.54, 1.807) is 0 Å². The van der Waals surface area contributed by atoms with Gasteiger partial charge in [-0.1, -0.05) is 0 Å². The van der Waals surface area contributed by atoms with Crippen molar-refractivity contribution in [1.82, 2.24) is 4.90 Å². The lowest BCUT2D eigenvalue weighted by molar-refractivity contribution is -0.138. The van der Waals surface area contributed by atoms with Crippen LogP contribution in [0.1, 0.15) is 46.7 Å². The van der Waals surface area contributed by atoms with Crippen molar-refractivity contribution < 1.29 is 27.5 Å². The van der Waals surface area contributed by atoms with E-state index in [1.807, 2.05) is 0 Å². The van der Waals surface area contributed by atoms with Gasteiger partial charge in [-0.05, 0) is 36.5 Å². The van der Waals surface area contributed by atoms with E-state index in [4.69, 9.17) is 27.0 Å². The Labute approximate surface area is 176 Å². The summed E-state index contributed by atoms with van der Waals surface area (Å²) in [6, 6.07) is 1.85. The van der Waals surface area contributed by atoms with Crippen LogP contribution in [0.25, 0.3) is 0 Å². The lowest BCUT2D eigenvalue weighted by Gasteiger charge is -2.33. The third-order valence-electron chi connectivity index (χ3n) is 4.92. The predicted octanol–water partition coefficient (Wildman–Crippen LogP) is 1.89. The van der Waals surface area contributed by atoms with E-state index in [1.165, 1.54) is 12.0 Å². The fourth-order valence-corrected chi connectivity index (χ4v) is 3.47. The molecule has 1 heterocycles. The van der Waals surface area contributed by atoms with Crippen LogP contribution in [0.4, 0.5) is 13.2 Å². The Bertz CT molecular complexity index is 917. The molecule has 0 atom stereocenters. The van der Waals surface area contributed by atoms with Crippen LogP contribution < -0.4 is 16.2 Å². The van der Waals surface area contributed by atoms with Crippen molar-refractivity contribution in [1.29, 1.82) is 10.8 Å². The number of nitrogens with one attached hydrogen (secondary N) is 2. The number of benzene rings is 1. The molecule has 0 aliphatic carbocycles. The van der Waals surface area contributed by atoms with Crippen molar-refractivity contribution in [3.8, 4) is 5.75 Å². The molecule has 168 valence electrons. The lowest BCUT2D eigenvalue weighted by atomic mass is 9.85. The number of alkyl halides is 3. The summed E-state index contributed by atoms with van der Waals surface area (Å²) < 4.78 is 46.5. The molecule has 0 bridgehead atoms. The van der Waals surface area contributed by atoms with E-state index in [0.29, 0.717) is 6.07 Å². The van der Waals surface area contributed by atoms with E-state index < -0.39 is 41.0 Å². The van der Waals surface area contributed by atoms with Gasteiger partial charge in [0.1, 0.15) is 11.5 Å². The summed E-state index contributed by atoms with van der Waals surface area (Å²) in [7, 11) is 1.22. The number of ether oxygens (including phenoxy) is 1. The van der Waals surface area contributed by atoms with Gasteiger partial charge in [0, 0.05) is 25.7 Å². The summed E-state index contributed by atoms with van der Waals surface area (Å²) in [5, 5.41) is 14.6. The number of methoxy groups -OCH3 is 1. The number of aliphatic imine (C=N–C) groups is 1. The molecule has 0 unspecified atom stereocenters. The van der Waals surface area contributed by atoms with Crippen molar-refractivity contribution in [2.24, 2.45) is 16.5 Å². The van der Waals surface area contributed by atoms with Crippen LogP contribution in [-0.2, 0) is 11.0 Å². The van der Waals surface area contributed by atoms with Crippen LogP contribution in [0.5, 0.6) is 5.75 Å². The molecule has 31 heavy (non-hydrogen) atoms. The lowest BCUT2D eigenvalue weighted by Crippen LogP contribution is -2.41. The van der Waals surface area contributed by atoms with Gasteiger partial charge in [0.2, 0.25) is 0 Å². The summed E-state index contributed by atoms with van der Waals surface area (Å²) in [4.78, 5) is 29.0. The Morgan fingerprint density at radius 2 is 1.90 bits per heavy atom. The van der Waals surface area contributed by atoms with E-state index >= 15 is 0 Å². The zero-order chi connectivity index (χ0) is 23.3. The highest BCUT2D eigenvalue weighted by Gasteiger charge is 2.38. The van der Waals surface area contributed by atoms with Crippen LogP contribution >= 0.6 is 0 Å². The minimum atomic E-state index is -4.74. The van der Waals surface area contributed by atoms with E-state index in [2.05, 4.69) is 4.99 Å². The zero-order valence-electron chi connectivity index (χ0n) is 16.8. The Balaban J connectivity index is 2.37. The first-order valence-electron chi connectivity index (χ1n) is 9.28. The van der Waals surface area contributed by atoms with Crippen molar-refractivity contribution in [3.05, 3.63) is 28.8 Å². The van der Waals surface area contributed by atoms with Crippen LogP contribution in [0.3, 0.4) is 0 Å². The molecule has 1 fully saturated rings. The molecule has 1 aliphatic rings. The van der Waals surface area contributed by atoms with E-state index in [-0.39, 0.29) is 49.4 Å². The SMILES string of the molecule is COc1cc(C2CCN(C(=O)C(=N)CC=N)CC2)c(C(F)(F)F)cc1C(=O)N=C(N)N. The second-order valence-electron chi connectivity index (χ2n) is 6.93. The van der Waals surface area contributed by atoms with E-state index in [0.717, 1.165) is 12.3 Å². The van der Waals surface area contributed by atoms with Crippen molar-refractivity contribution in [2.75, 3.05) is 20.2 Å². The fraction of sp³-hybridized carbons (Fsp3) is 0.421. The number of amides is 2. The largest absolute Gasteiger partial charge is 0.496 e. The molecule has 9 nitrogen and oxygen atoms in total. The maximum atomic E-state index is 13.8. The average molecular weight is 440 g/mol. The van der Waals surface area contributed by atoms with Crippen LogP contribution in [-0.4, -0.2) is 54.8 Å². The van der Waals surface area contributed by atoms with Crippen LogP contribution in [0, 0.1) is 10.8 Å². The van der Waals surface area contributed by atoms with Gasteiger partial charge < -0.3 is 26.5 Å². The Morgan fingerprint density at radius 3 is 2.39 bits per heavy atom. The van der Waals surface area contributed by atoms with Gasteiger partial charge in [0.15, 0.2) is 5.96 Å². The van der Waals surface area contributed by atoms with E-state index in [9.17, 15) is 22.8 Å². The number of nitrogens with zero attached hydrogens (tertiary/aromatic N) is 2. The molecule has 1 aromatic rings. The maximum absolute atomic E-state index is 13.8. The number of likely N-dealkylation sites (tertiary alicyclic amines) is 1. The normalized spacial score (nSPS) is 14.6. The summed E-state index contributed by atoms with van der Waals surface area (Å²) >= 11 is 0. The number of carbonyl (C=O) groups excluding carboxylic acids is 2. The highest BCUT2D eigenvalue weighted by atomic mass is 19.4. The summed E-state index contributed by atoms with van der Waals surface area (Å²) in [6.07, 6.45) is -3.43. The van der Waals surface area contributed by atoms with Gasteiger partial charge in [-0.2, -0.15) is 18.2 Å². The number of rotatable bonds is 6. The minimum Gasteiger partial charge on any atom is -0.496 e.